The fourth-order valence-corrected chi connectivity index (χ4v) is 4.38. The topological polar surface area (TPSA) is 54.0 Å². The zero-order valence-electron chi connectivity index (χ0n) is 18.9. The second-order valence-electron chi connectivity index (χ2n) is 8.68. The zero-order valence-corrected chi connectivity index (χ0v) is 18.9. The monoisotopic (exact) mass is 412 g/mol. The molecule has 0 aromatic heterocycles. The molecule has 2 rings (SSSR count). The zero-order chi connectivity index (χ0) is 20.7. The third kappa shape index (κ3) is 10.3. The summed E-state index contributed by atoms with van der Waals surface area (Å²) in [6.45, 7) is 5.96. The molecule has 2 bridgehead atoms. The molecule has 0 aliphatic carbocycles. The van der Waals surface area contributed by atoms with E-state index in [2.05, 4.69) is 6.92 Å². The molecule has 2 aliphatic heterocycles. The van der Waals surface area contributed by atoms with E-state index in [1.807, 2.05) is 6.92 Å². The Bertz CT molecular complexity index is 389. The van der Waals surface area contributed by atoms with E-state index in [1.165, 1.54) is 25.7 Å². The van der Waals surface area contributed by atoms with Crippen molar-refractivity contribution in [2.45, 2.75) is 122 Å². The number of carbonyl (C=O) groups excluding carboxylic acids is 1. The number of hydrogen-bond acceptors (Lipinski definition) is 5. The highest BCUT2D eigenvalue weighted by Crippen LogP contribution is 2.26. The van der Waals surface area contributed by atoms with Crippen LogP contribution in [0.5, 0.6) is 0 Å². The summed E-state index contributed by atoms with van der Waals surface area (Å²) >= 11 is 0. The molecule has 0 aromatic carbocycles. The average molecular weight is 413 g/mol. The lowest BCUT2D eigenvalue weighted by molar-refractivity contribution is -0.208. The maximum absolute atomic E-state index is 12.4. The maximum atomic E-state index is 12.4. The van der Waals surface area contributed by atoms with Crippen LogP contribution in [0.25, 0.3) is 0 Å². The number of esters is 1. The predicted molar refractivity (Wildman–Crippen MR) is 115 cm³/mol. The Kier molecular flexibility index (Phi) is 12.9. The van der Waals surface area contributed by atoms with Crippen molar-refractivity contribution in [1.29, 1.82) is 0 Å². The Morgan fingerprint density at radius 2 is 1.62 bits per heavy atom. The second kappa shape index (κ2) is 15.2. The molecule has 2 saturated heterocycles. The Labute approximate surface area is 178 Å². The van der Waals surface area contributed by atoms with Crippen LogP contribution in [0.3, 0.4) is 0 Å². The van der Waals surface area contributed by atoms with Crippen molar-refractivity contribution in [3.63, 3.8) is 0 Å². The lowest BCUT2D eigenvalue weighted by atomic mass is 9.96. The van der Waals surface area contributed by atoms with Gasteiger partial charge < -0.3 is 18.9 Å². The summed E-state index contributed by atoms with van der Waals surface area (Å²) in [5, 5.41) is 0. The van der Waals surface area contributed by atoms with Gasteiger partial charge in [0.25, 0.3) is 0 Å². The molecule has 0 spiro atoms. The van der Waals surface area contributed by atoms with Gasteiger partial charge in [0.15, 0.2) is 6.29 Å². The van der Waals surface area contributed by atoms with Crippen LogP contribution in [0, 0.1) is 5.92 Å². The number of carbonyl (C=O) groups is 1. The fraction of sp³-hybridized carbons (Fsp3) is 0.958. The third-order valence-electron chi connectivity index (χ3n) is 6.14. The van der Waals surface area contributed by atoms with Gasteiger partial charge in [-0.1, -0.05) is 45.4 Å². The molecule has 0 saturated carbocycles. The van der Waals surface area contributed by atoms with Crippen LogP contribution in [0.15, 0.2) is 0 Å². The van der Waals surface area contributed by atoms with E-state index < -0.39 is 0 Å². The minimum atomic E-state index is -0.247. The van der Waals surface area contributed by atoms with Crippen molar-refractivity contribution in [2.75, 3.05) is 19.8 Å². The summed E-state index contributed by atoms with van der Waals surface area (Å²) in [6, 6.07) is 0. The van der Waals surface area contributed by atoms with Crippen LogP contribution in [-0.2, 0) is 23.7 Å². The summed E-state index contributed by atoms with van der Waals surface area (Å²) in [5.41, 5.74) is 0. The van der Waals surface area contributed by atoms with Gasteiger partial charge in [-0.15, -0.1) is 0 Å². The molecule has 4 atom stereocenters. The Morgan fingerprint density at radius 1 is 0.931 bits per heavy atom. The van der Waals surface area contributed by atoms with Crippen LogP contribution in [0.2, 0.25) is 0 Å². The molecule has 2 aliphatic rings. The largest absolute Gasteiger partial charge is 0.466 e. The highest BCUT2D eigenvalue weighted by Gasteiger charge is 2.26. The molecule has 5 heteroatoms. The van der Waals surface area contributed by atoms with Crippen molar-refractivity contribution in [2.24, 2.45) is 5.92 Å². The molecular formula is C24H44O5. The SMILES string of the molecule is CCCCC(CCC1OC2CCCCCCC(COCCCC2)O1)C(=O)OCC. The van der Waals surface area contributed by atoms with E-state index in [1.54, 1.807) is 0 Å². The number of hydrogen-bond donors (Lipinski definition) is 0. The van der Waals surface area contributed by atoms with Gasteiger partial charge in [-0.3, -0.25) is 4.79 Å². The first-order valence-corrected chi connectivity index (χ1v) is 12.3. The summed E-state index contributed by atoms with van der Waals surface area (Å²) in [4.78, 5) is 12.4. The van der Waals surface area contributed by atoms with Crippen molar-refractivity contribution >= 4 is 5.97 Å². The lowest BCUT2D eigenvalue weighted by Gasteiger charge is -2.29. The van der Waals surface area contributed by atoms with Gasteiger partial charge in [0, 0.05) is 6.61 Å². The summed E-state index contributed by atoms with van der Waals surface area (Å²) < 4.78 is 24.2. The van der Waals surface area contributed by atoms with E-state index in [4.69, 9.17) is 18.9 Å². The van der Waals surface area contributed by atoms with Gasteiger partial charge in [0.1, 0.15) is 0 Å². The first kappa shape index (κ1) is 24.6. The van der Waals surface area contributed by atoms with E-state index in [0.29, 0.717) is 13.2 Å². The highest BCUT2D eigenvalue weighted by molar-refractivity contribution is 5.72. The molecular weight excluding hydrogens is 368 g/mol. The minimum Gasteiger partial charge on any atom is -0.466 e. The van der Waals surface area contributed by atoms with Crippen molar-refractivity contribution in [3.05, 3.63) is 0 Å². The molecule has 0 radical (unpaired) electrons. The van der Waals surface area contributed by atoms with Gasteiger partial charge in [-0.05, 0) is 58.3 Å². The standard InChI is InChI=1S/C24H44O5/c1-3-5-12-20(24(25)27-4-2)16-17-23-28-21-13-8-6-7-9-15-22(29-23)19-26-18-11-10-14-21/h20-23H,3-19H2,1-2H3. The minimum absolute atomic E-state index is 0.0517. The molecule has 4 unspecified atom stereocenters. The maximum Gasteiger partial charge on any atom is 0.308 e. The molecule has 29 heavy (non-hydrogen) atoms. The summed E-state index contributed by atoms with van der Waals surface area (Å²) in [7, 11) is 0. The van der Waals surface area contributed by atoms with E-state index >= 15 is 0 Å². The van der Waals surface area contributed by atoms with Gasteiger partial charge in [0.2, 0.25) is 0 Å². The molecule has 5 nitrogen and oxygen atoms in total. The smallest absolute Gasteiger partial charge is 0.308 e. The van der Waals surface area contributed by atoms with Crippen LogP contribution in [-0.4, -0.2) is 44.3 Å². The molecule has 170 valence electrons. The van der Waals surface area contributed by atoms with Crippen molar-refractivity contribution in [1.82, 2.24) is 0 Å². The lowest BCUT2D eigenvalue weighted by Crippen LogP contribution is -2.32. The molecule has 0 aromatic rings. The summed E-state index contributed by atoms with van der Waals surface area (Å²) in [5.74, 6) is -0.115. The number of rotatable bonds is 8. The third-order valence-corrected chi connectivity index (χ3v) is 6.14. The van der Waals surface area contributed by atoms with Gasteiger partial charge in [-0.2, -0.15) is 0 Å². The Hall–Kier alpha value is -0.650. The first-order valence-electron chi connectivity index (χ1n) is 12.3. The molecule has 0 N–H and O–H groups in total. The van der Waals surface area contributed by atoms with Gasteiger partial charge in [-0.25, -0.2) is 0 Å². The van der Waals surface area contributed by atoms with Crippen LogP contribution in [0.1, 0.15) is 104 Å². The molecule has 2 fully saturated rings. The van der Waals surface area contributed by atoms with Crippen LogP contribution < -0.4 is 0 Å². The van der Waals surface area contributed by atoms with E-state index in [9.17, 15) is 4.79 Å². The molecule has 2 heterocycles. The second-order valence-corrected chi connectivity index (χ2v) is 8.68. The number of fused-ring (bicyclic) bond motifs is 4. The number of unbranched alkanes of at least 4 members (excludes halogenated alkanes) is 1. The average Bonchev–Trinajstić information content (AvgIpc) is 2.78. The quantitative estimate of drug-likeness (QED) is 0.473. The van der Waals surface area contributed by atoms with E-state index in [0.717, 1.165) is 70.8 Å². The molecule has 0 amide bonds. The van der Waals surface area contributed by atoms with Crippen molar-refractivity contribution < 1.29 is 23.7 Å². The Morgan fingerprint density at radius 3 is 2.34 bits per heavy atom. The predicted octanol–water partition coefficient (Wildman–Crippen LogP) is 5.79. The van der Waals surface area contributed by atoms with Gasteiger partial charge in [0.05, 0.1) is 31.3 Å². The number of ether oxygens (including phenoxy) is 4. The Balaban J connectivity index is 2.03. The van der Waals surface area contributed by atoms with Crippen molar-refractivity contribution in [3.8, 4) is 0 Å². The summed E-state index contributed by atoms with van der Waals surface area (Å²) in [6.07, 6.45) is 15.1. The fourth-order valence-electron chi connectivity index (χ4n) is 4.38. The highest BCUT2D eigenvalue weighted by atomic mass is 16.7. The van der Waals surface area contributed by atoms with Crippen LogP contribution in [0.4, 0.5) is 0 Å². The van der Waals surface area contributed by atoms with Crippen LogP contribution >= 0.6 is 0 Å². The van der Waals surface area contributed by atoms with Gasteiger partial charge >= 0.3 is 5.97 Å². The normalized spacial score (nSPS) is 28.3. The van der Waals surface area contributed by atoms with E-state index in [-0.39, 0.29) is 30.4 Å². The first-order chi connectivity index (χ1) is 14.2.